The van der Waals surface area contributed by atoms with Gasteiger partial charge in [-0.1, -0.05) is 41.6 Å². The van der Waals surface area contributed by atoms with Gasteiger partial charge in [0.25, 0.3) is 0 Å². The molecule has 2 aromatic rings. The van der Waals surface area contributed by atoms with Gasteiger partial charge in [-0.05, 0) is 35.4 Å². The standard InChI is InChI=1S/C16H17N3O/c1-19(2)18-17-15-9-5-13(6-10-15)3-4-14-7-11-16(20)12-8-14/h3-12,20H,1-2H3/b4-3-,18-17?. The highest BCUT2D eigenvalue weighted by atomic mass is 16.3. The summed E-state index contributed by atoms with van der Waals surface area (Å²) in [5.41, 5.74) is 2.95. The summed E-state index contributed by atoms with van der Waals surface area (Å²) in [6, 6.07) is 14.9. The van der Waals surface area contributed by atoms with E-state index in [1.807, 2.05) is 62.6 Å². The first-order valence-electron chi connectivity index (χ1n) is 6.30. The molecule has 0 unspecified atom stereocenters. The van der Waals surface area contributed by atoms with E-state index in [1.165, 1.54) is 0 Å². The second kappa shape index (κ2) is 6.52. The first kappa shape index (κ1) is 13.8. The number of phenols is 1. The Morgan fingerprint density at radius 3 is 1.85 bits per heavy atom. The third kappa shape index (κ3) is 4.24. The van der Waals surface area contributed by atoms with Crippen molar-refractivity contribution in [3.8, 4) is 5.75 Å². The van der Waals surface area contributed by atoms with Crippen LogP contribution in [0.3, 0.4) is 0 Å². The molecule has 0 aliphatic rings. The van der Waals surface area contributed by atoms with Crippen molar-refractivity contribution in [2.75, 3.05) is 14.1 Å². The number of phenolic OH excluding ortho intramolecular Hbond substituents is 1. The largest absolute Gasteiger partial charge is 0.508 e. The van der Waals surface area contributed by atoms with E-state index in [0.717, 1.165) is 16.8 Å². The Morgan fingerprint density at radius 2 is 1.35 bits per heavy atom. The molecule has 0 amide bonds. The number of benzene rings is 2. The van der Waals surface area contributed by atoms with Crippen LogP contribution >= 0.6 is 0 Å². The van der Waals surface area contributed by atoms with Crippen LogP contribution in [0.1, 0.15) is 11.1 Å². The van der Waals surface area contributed by atoms with E-state index in [4.69, 9.17) is 0 Å². The van der Waals surface area contributed by atoms with Gasteiger partial charge in [0.15, 0.2) is 0 Å². The van der Waals surface area contributed by atoms with Crippen molar-refractivity contribution < 1.29 is 5.11 Å². The highest BCUT2D eigenvalue weighted by Crippen LogP contribution is 2.16. The minimum Gasteiger partial charge on any atom is -0.508 e. The molecule has 102 valence electrons. The van der Waals surface area contributed by atoms with Crippen LogP contribution in [0.15, 0.2) is 58.9 Å². The van der Waals surface area contributed by atoms with E-state index in [2.05, 4.69) is 10.3 Å². The van der Waals surface area contributed by atoms with E-state index in [1.54, 1.807) is 17.1 Å². The van der Waals surface area contributed by atoms with Crippen LogP contribution in [0.4, 0.5) is 5.69 Å². The molecule has 0 spiro atoms. The molecule has 20 heavy (non-hydrogen) atoms. The van der Waals surface area contributed by atoms with Gasteiger partial charge in [0.05, 0.1) is 5.69 Å². The van der Waals surface area contributed by atoms with Crippen LogP contribution in [-0.4, -0.2) is 24.2 Å². The van der Waals surface area contributed by atoms with Gasteiger partial charge in [0.1, 0.15) is 5.75 Å². The van der Waals surface area contributed by atoms with Gasteiger partial charge >= 0.3 is 0 Å². The lowest BCUT2D eigenvalue weighted by Gasteiger charge is -2.00. The molecule has 0 aliphatic heterocycles. The fourth-order valence-electron chi connectivity index (χ4n) is 1.57. The number of rotatable bonds is 4. The molecule has 4 nitrogen and oxygen atoms in total. The second-order valence-corrected chi connectivity index (χ2v) is 4.55. The lowest BCUT2D eigenvalue weighted by molar-refractivity contribution is 0.408. The van der Waals surface area contributed by atoms with E-state index >= 15 is 0 Å². The van der Waals surface area contributed by atoms with Crippen molar-refractivity contribution in [2.24, 2.45) is 10.3 Å². The molecule has 0 bridgehead atoms. The Bertz CT molecular complexity index is 599. The molecule has 0 saturated carbocycles. The summed E-state index contributed by atoms with van der Waals surface area (Å²) >= 11 is 0. The van der Waals surface area contributed by atoms with Crippen LogP contribution in [0, 0.1) is 0 Å². The van der Waals surface area contributed by atoms with Gasteiger partial charge in [-0.15, -0.1) is 5.11 Å². The van der Waals surface area contributed by atoms with Crippen LogP contribution in [0.2, 0.25) is 0 Å². The Hall–Kier alpha value is -2.62. The maximum absolute atomic E-state index is 9.22. The minimum atomic E-state index is 0.276. The number of hydrogen-bond acceptors (Lipinski definition) is 3. The average molecular weight is 267 g/mol. The monoisotopic (exact) mass is 267 g/mol. The molecule has 2 rings (SSSR count). The van der Waals surface area contributed by atoms with Gasteiger partial charge in [-0.2, -0.15) is 0 Å². The molecule has 4 heteroatoms. The van der Waals surface area contributed by atoms with Crippen molar-refractivity contribution in [2.45, 2.75) is 0 Å². The Labute approximate surface area is 118 Å². The summed E-state index contributed by atoms with van der Waals surface area (Å²) in [7, 11) is 3.66. The fourth-order valence-corrected chi connectivity index (χ4v) is 1.57. The summed E-state index contributed by atoms with van der Waals surface area (Å²) in [4.78, 5) is 0. The molecule has 0 radical (unpaired) electrons. The van der Waals surface area contributed by atoms with E-state index in [9.17, 15) is 5.11 Å². The third-order valence-electron chi connectivity index (χ3n) is 2.59. The fraction of sp³-hybridized carbons (Fsp3) is 0.125. The topological polar surface area (TPSA) is 48.2 Å². The number of aromatic hydroxyl groups is 1. The summed E-state index contributed by atoms with van der Waals surface area (Å²) in [6.07, 6.45) is 4.01. The first-order valence-corrected chi connectivity index (χ1v) is 6.30. The van der Waals surface area contributed by atoms with Crippen LogP contribution in [0.25, 0.3) is 12.2 Å². The molecule has 0 atom stereocenters. The van der Waals surface area contributed by atoms with Crippen molar-refractivity contribution in [3.63, 3.8) is 0 Å². The second-order valence-electron chi connectivity index (χ2n) is 4.55. The molecule has 0 saturated heterocycles. The van der Waals surface area contributed by atoms with Gasteiger partial charge in [0, 0.05) is 14.1 Å². The Morgan fingerprint density at radius 1 is 0.850 bits per heavy atom. The van der Waals surface area contributed by atoms with E-state index in [-0.39, 0.29) is 5.75 Å². The predicted octanol–water partition coefficient (Wildman–Crippen LogP) is 4.12. The first-order chi connectivity index (χ1) is 9.63. The molecule has 0 heterocycles. The molecule has 1 N–H and O–H groups in total. The molecule has 0 aromatic heterocycles. The quantitative estimate of drug-likeness (QED) is 0.514. The van der Waals surface area contributed by atoms with Crippen LogP contribution in [-0.2, 0) is 0 Å². The normalized spacial score (nSPS) is 11.3. The molecular weight excluding hydrogens is 250 g/mol. The third-order valence-corrected chi connectivity index (χ3v) is 2.59. The molecule has 2 aromatic carbocycles. The predicted molar refractivity (Wildman–Crippen MR) is 81.7 cm³/mol. The Kier molecular flexibility index (Phi) is 4.50. The van der Waals surface area contributed by atoms with Crippen molar-refractivity contribution in [1.82, 2.24) is 5.01 Å². The minimum absolute atomic E-state index is 0.276. The van der Waals surface area contributed by atoms with Crippen molar-refractivity contribution >= 4 is 17.8 Å². The van der Waals surface area contributed by atoms with E-state index in [0.29, 0.717) is 0 Å². The van der Waals surface area contributed by atoms with Gasteiger partial charge in [0.2, 0.25) is 0 Å². The lowest BCUT2D eigenvalue weighted by atomic mass is 10.1. The summed E-state index contributed by atoms with van der Waals surface area (Å²) in [5, 5.41) is 18.9. The smallest absolute Gasteiger partial charge is 0.115 e. The lowest BCUT2D eigenvalue weighted by Crippen LogP contribution is -1.98. The average Bonchev–Trinajstić information content (AvgIpc) is 2.45. The van der Waals surface area contributed by atoms with Crippen molar-refractivity contribution in [1.29, 1.82) is 0 Å². The molecule has 0 aliphatic carbocycles. The zero-order valence-corrected chi connectivity index (χ0v) is 11.6. The zero-order valence-electron chi connectivity index (χ0n) is 11.6. The van der Waals surface area contributed by atoms with Gasteiger partial charge in [-0.25, -0.2) is 0 Å². The maximum atomic E-state index is 9.22. The van der Waals surface area contributed by atoms with Gasteiger partial charge in [-0.3, -0.25) is 5.01 Å². The summed E-state index contributed by atoms with van der Waals surface area (Å²) in [6.45, 7) is 0. The summed E-state index contributed by atoms with van der Waals surface area (Å²) < 4.78 is 0. The van der Waals surface area contributed by atoms with Gasteiger partial charge < -0.3 is 5.11 Å². The van der Waals surface area contributed by atoms with Crippen LogP contribution < -0.4 is 0 Å². The van der Waals surface area contributed by atoms with Crippen molar-refractivity contribution in [3.05, 3.63) is 59.7 Å². The SMILES string of the molecule is CN(C)N=Nc1ccc(/C=C\c2ccc(O)cc2)cc1. The highest BCUT2D eigenvalue weighted by molar-refractivity contribution is 5.70. The van der Waals surface area contributed by atoms with E-state index < -0.39 is 0 Å². The number of nitrogens with zero attached hydrogens (tertiary/aromatic N) is 3. The highest BCUT2D eigenvalue weighted by Gasteiger charge is 1.92. The molecule has 0 fully saturated rings. The maximum Gasteiger partial charge on any atom is 0.115 e. The Balaban J connectivity index is 2.05. The summed E-state index contributed by atoms with van der Waals surface area (Å²) in [5.74, 6) is 0.276. The molecular formula is C16H17N3O. The van der Waals surface area contributed by atoms with Crippen LogP contribution in [0.5, 0.6) is 5.75 Å². The number of hydrogen-bond donors (Lipinski definition) is 1. The zero-order chi connectivity index (χ0) is 14.4.